The Kier molecular flexibility index (Phi) is 4.84. The zero-order chi connectivity index (χ0) is 19.7. The van der Waals surface area contributed by atoms with Crippen LogP contribution in [0.1, 0.15) is 5.56 Å². The Hall–Kier alpha value is -3.17. The Morgan fingerprint density at radius 2 is 1.86 bits per heavy atom. The molecule has 0 aliphatic heterocycles. The van der Waals surface area contributed by atoms with Gasteiger partial charge in [0.25, 0.3) is 5.69 Å². The smallest absolute Gasteiger partial charge is 0.285 e. The van der Waals surface area contributed by atoms with Crippen molar-refractivity contribution >= 4 is 34.7 Å². The maximum Gasteiger partial charge on any atom is 0.350 e. The monoisotopic (exact) mass is 413 g/mol. The van der Waals surface area contributed by atoms with Crippen LogP contribution in [0, 0.1) is 10.1 Å². The van der Waals surface area contributed by atoms with Crippen molar-refractivity contribution in [2.45, 2.75) is 10.9 Å². The summed E-state index contributed by atoms with van der Waals surface area (Å²) < 4.78 is 1.21. The lowest BCUT2D eigenvalue weighted by Crippen LogP contribution is -2.19. The van der Waals surface area contributed by atoms with Crippen molar-refractivity contribution in [3.63, 3.8) is 0 Å². The molecule has 0 saturated heterocycles. The minimum absolute atomic E-state index is 0.0357. The number of aromatic nitrogens is 4. The molecule has 0 radical (unpaired) electrons. The van der Waals surface area contributed by atoms with E-state index in [0.717, 1.165) is 16.7 Å². The summed E-state index contributed by atoms with van der Waals surface area (Å²) in [7, 11) is 0. The van der Waals surface area contributed by atoms with Gasteiger partial charge in [0, 0.05) is 28.5 Å². The van der Waals surface area contributed by atoms with Crippen molar-refractivity contribution in [3.8, 4) is 11.1 Å². The van der Waals surface area contributed by atoms with Crippen LogP contribution in [0.4, 0.5) is 5.69 Å². The number of rotatable bonds is 5. The van der Waals surface area contributed by atoms with E-state index in [9.17, 15) is 14.9 Å². The Balaban J connectivity index is 1.62. The number of nitro groups is 1. The first kappa shape index (κ1) is 18.2. The largest absolute Gasteiger partial charge is 0.350 e. The van der Waals surface area contributed by atoms with Gasteiger partial charge in [0.05, 0.1) is 11.1 Å². The molecule has 140 valence electrons. The van der Waals surface area contributed by atoms with E-state index in [4.69, 9.17) is 11.6 Å². The maximum atomic E-state index is 12.3. The highest BCUT2D eigenvalue weighted by atomic mass is 35.5. The van der Waals surface area contributed by atoms with Crippen LogP contribution in [0.25, 0.3) is 16.8 Å². The van der Waals surface area contributed by atoms with Gasteiger partial charge in [-0.2, -0.15) is 9.61 Å². The number of nitrogens with zero attached hydrogens (tertiary/aromatic N) is 4. The summed E-state index contributed by atoms with van der Waals surface area (Å²) in [6.07, 6.45) is 1.59. The summed E-state index contributed by atoms with van der Waals surface area (Å²) in [6, 6.07) is 13.5. The first-order valence-electron chi connectivity index (χ1n) is 8.11. The molecule has 1 N–H and O–H groups in total. The number of aromatic amines is 1. The Morgan fingerprint density at radius 3 is 2.54 bits per heavy atom. The van der Waals surface area contributed by atoms with Crippen LogP contribution in [0.5, 0.6) is 0 Å². The molecule has 8 nitrogen and oxygen atoms in total. The third-order valence-corrected chi connectivity index (χ3v) is 5.23. The second-order valence-corrected chi connectivity index (χ2v) is 7.26. The van der Waals surface area contributed by atoms with Gasteiger partial charge in [-0.25, -0.2) is 9.78 Å². The lowest BCUT2D eigenvalue weighted by molar-refractivity contribution is -0.384. The second-order valence-electron chi connectivity index (χ2n) is 5.86. The van der Waals surface area contributed by atoms with Gasteiger partial charge in [-0.3, -0.25) is 15.1 Å². The lowest BCUT2D eigenvalue weighted by atomic mass is 10.1. The molecule has 0 fully saturated rings. The molecule has 10 heteroatoms. The number of thioether (sulfide) groups is 1. The van der Waals surface area contributed by atoms with Crippen molar-refractivity contribution in [2.75, 3.05) is 0 Å². The van der Waals surface area contributed by atoms with Crippen LogP contribution in [0.3, 0.4) is 0 Å². The number of non-ortho nitro benzene ring substituents is 1. The summed E-state index contributed by atoms with van der Waals surface area (Å²) in [5.41, 5.74) is 2.54. The normalized spacial score (nSPS) is 11.0. The van der Waals surface area contributed by atoms with Crippen molar-refractivity contribution in [1.29, 1.82) is 0 Å². The molecular weight excluding hydrogens is 402 g/mol. The number of hydrogen-bond acceptors (Lipinski definition) is 6. The number of hydrogen-bond donors (Lipinski definition) is 1. The topological polar surface area (TPSA) is 106 Å². The number of H-pyrrole nitrogens is 1. The van der Waals surface area contributed by atoms with Gasteiger partial charge in [0.2, 0.25) is 0 Å². The van der Waals surface area contributed by atoms with E-state index in [2.05, 4.69) is 15.1 Å². The van der Waals surface area contributed by atoms with Crippen molar-refractivity contribution < 1.29 is 4.92 Å². The molecule has 4 rings (SSSR count). The fourth-order valence-electron chi connectivity index (χ4n) is 2.63. The SMILES string of the molecule is O=c1[nH]c(SCc2ccc([N+](=O)[O-])cc2)nc2c(-c3ccc(Cl)cc3)cnn12. The van der Waals surface area contributed by atoms with Crippen molar-refractivity contribution in [2.24, 2.45) is 0 Å². The lowest BCUT2D eigenvalue weighted by Gasteiger charge is -2.03. The molecule has 4 aromatic rings. The maximum absolute atomic E-state index is 12.3. The van der Waals surface area contributed by atoms with E-state index in [1.54, 1.807) is 30.5 Å². The predicted octanol–water partition coefficient (Wildman–Crippen LogP) is 3.94. The number of nitrogens with one attached hydrogen (secondary N) is 1. The van der Waals surface area contributed by atoms with Gasteiger partial charge in [0.1, 0.15) is 0 Å². The fourth-order valence-corrected chi connectivity index (χ4v) is 3.57. The highest BCUT2D eigenvalue weighted by molar-refractivity contribution is 7.98. The van der Waals surface area contributed by atoms with E-state index in [1.807, 2.05) is 12.1 Å². The Labute approximate surface area is 167 Å². The fraction of sp³-hybridized carbons (Fsp3) is 0.0556. The van der Waals surface area contributed by atoms with Crippen LogP contribution in [-0.4, -0.2) is 24.5 Å². The Morgan fingerprint density at radius 1 is 1.14 bits per heavy atom. The zero-order valence-corrected chi connectivity index (χ0v) is 15.8. The zero-order valence-electron chi connectivity index (χ0n) is 14.2. The number of halogens is 1. The minimum Gasteiger partial charge on any atom is -0.285 e. The molecule has 0 saturated carbocycles. The highest BCUT2D eigenvalue weighted by Crippen LogP contribution is 2.26. The quantitative estimate of drug-likeness (QED) is 0.302. The molecule has 2 aromatic carbocycles. The van der Waals surface area contributed by atoms with Gasteiger partial charge in [0.15, 0.2) is 10.8 Å². The third kappa shape index (κ3) is 3.62. The van der Waals surface area contributed by atoms with Crippen molar-refractivity contribution in [1.82, 2.24) is 19.6 Å². The first-order valence-corrected chi connectivity index (χ1v) is 9.48. The van der Waals surface area contributed by atoms with E-state index in [0.29, 0.717) is 21.6 Å². The molecule has 0 amide bonds. The molecular formula is C18H12ClN5O3S. The highest BCUT2D eigenvalue weighted by Gasteiger charge is 2.13. The van der Waals surface area contributed by atoms with E-state index < -0.39 is 10.6 Å². The van der Waals surface area contributed by atoms with Crippen LogP contribution in [0.15, 0.2) is 64.7 Å². The summed E-state index contributed by atoms with van der Waals surface area (Å²) in [4.78, 5) is 29.8. The molecule has 28 heavy (non-hydrogen) atoms. The van der Waals surface area contributed by atoms with Gasteiger partial charge < -0.3 is 0 Å². The molecule has 0 aliphatic rings. The third-order valence-electron chi connectivity index (χ3n) is 4.04. The average Bonchev–Trinajstić information content (AvgIpc) is 3.12. The van der Waals surface area contributed by atoms with Crippen LogP contribution < -0.4 is 5.69 Å². The molecule has 0 unspecified atom stereocenters. The van der Waals surface area contributed by atoms with Crippen molar-refractivity contribution in [3.05, 3.63) is 85.9 Å². The second kappa shape index (κ2) is 7.45. The van der Waals surface area contributed by atoms with Gasteiger partial charge in [-0.05, 0) is 23.3 Å². The molecule has 2 aromatic heterocycles. The molecule has 2 heterocycles. The van der Waals surface area contributed by atoms with Crippen LogP contribution >= 0.6 is 23.4 Å². The van der Waals surface area contributed by atoms with Gasteiger partial charge >= 0.3 is 5.69 Å². The molecule has 0 aliphatic carbocycles. The summed E-state index contributed by atoms with van der Waals surface area (Å²) in [5.74, 6) is 0.502. The Bertz CT molecular complexity index is 1220. The van der Waals surface area contributed by atoms with Crippen LogP contribution in [0.2, 0.25) is 5.02 Å². The van der Waals surface area contributed by atoms with Gasteiger partial charge in [-0.15, -0.1) is 0 Å². The number of fused-ring (bicyclic) bond motifs is 1. The summed E-state index contributed by atoms with van der Waals surface area (Å²) in [6.45, 7) is 0. The minimum atomic E-state index is -0.443. The summed E-state index contributed by atoms with van der Waals surface area (Å²) in [5, 5.41) is 15.9. The van der Waals surface area contributed by atoms with Gasteiger partial charge in [-0.1, -0.05) is 47.6 Å². The predicted molar refractivity (Wildman–Crippen MR) is 107 cm³/mol. The molecule has 0 bridgehead atoms. The number of nitro benzene ring substituents is 1. The standard InChI is InChI=1S/C18H12ClN5O3S/c19-13-5-3-12(4-6-13)15-9-20-23-16(15)21-17(22-18(23)25)28-10-11-1-7-14(8-2-11)24(26)27/h1-9H,10H2,(H,21,22,25). The van der Waals surface area contributed by atoms with E-state index >= 15 is 0 Å². The van der Waals surface area contributed by atoms with Crippen LogP contribution in [-0.2, 0) is 5.75 Å². The molecule has 0 spiro atoms. The number of benzene rings is 2. The average molecular weight is 414 g/mol. The first-order chi connectivity index (χ1) is 13.5. The summed E-state index contributed by atoms with van der Waals surface area (Å²) >= 11 is 7.26. The van der Waals surface area contributed by atoms with E-state index in [1.165, 1.54) is 28.4 Å². The van der Waals surface area contributed by atoms with E-state index in [-0.39, 0.29) is 5.69 Å². The molecule has 0 atom stereocenters.